The van der Waals surface area contributed by atoms with Crippen LogP contribution in [-0.2, 0) is 0 Å². The number of methoxy groups -OCH3 is 1. The van der Waals surface area contributed by atoms with Crippen molar-refractivity contribution in [3.8, 4) is 5.75 Å². The van der Waals surface area contributed by atoms with Crippen LogP contribution in [0.3, 0.4) is 0 Å². The minimum Gasteiger partial charge on any atom is -0.495 e. The second kappa shape index (κ2) is 6.86. The molecule has 2 aromatic carbocycles. The Balaban J connectivity index is 2.41. The number of carbonyl (C=O) groups excluding carboxylic acids is 1. The number of benzene rings is 2. The average molecular weight is 412 g/mol. The molecule has 0 radical (unpaired) electrons. The van der Waals surface area contributed by atoms with E-state index in [1.165, 1.54) is 7.11 Å². The number of para-hydroxylation sites is 1. The van der Waals surface area contributed by atoms with E-state index >= 15 is 0 Å². The Morgan fingerprint density at radius 1 is 1.19 bits per heavy atom. The van der Waals surface area contributed by atoms with Gasteiger partial charge in [-0.3, -0.25) is 4.79 Å². The number of halogens is 1. The topological polar surface area (TPSA) is 64.3 Å². The largest absolute Gasteiger partial charge is 0.495 e. The summed E-state index contributed by atoms with van der Waals surface area (Å²) in [6.07, 6.45) is 0. The maximum atomic E-state index is 12.4. The highest BCUT2D eigenvalue weighted by Gasteiger charge is 2.16. The predicted octanol–water partition coefficient (Wildman–Crippen LogP) is 3.19. The van der Waals surface area contributed by atoms with Crippen molar-refractivity contribution in [1.82, 2.24) is 0 Å². The lowest BCUT2D eigenvalue weighted by molar-refractivity contribution is 0.102. The van der Waals surface area contributed by atoms with Gasteiger partial charge in [0.1, 0.15) is 10.7 Å². The Morgan fingerprint density at radius 3 is 2.48 bits per heavy atom. The highest BCUT2D eigenvalue weighted by atomic mass is 127. The Hall–Kier alpha value is -1.67. The van der Waals surface area contributed by atoms with Crippen molar-refractivity contribution in [2.45, 2.75) is 0 Å². The van der Waals surface area contributed by atoms with Crippen molar-refractivity contribution in [1.29, 1.82) is 0 Å². The molecule has 0 aliphatic heterocycles. The van der Waals surface area contributed by atoms with Crippen molar-refractivity contribution in [3.05, 3.63) is 57.2 Å². The number of ether oxygens (including phenoxy) is 1. The first-order chi connectivity index (χ1) is 10.0. The van der Waals surface area contributed by atoms with Gasteiger partial charge >= 0.3 is 0 Å². The third-order valence-corrected chi connectivity index (χ3v) is 4.03. The van der Waals surface area contributed by atoms with Crippen LogP contribution in [0, 0.1) is 3.57 Å². The molecule has 4 nitrogen and oxygen atoms in total. The van der Waals surface area contributed by atoms with E-state index in [1.807, 2.05) is 18.2 Å². The maximum absolute atomic E-state index is 12.4. The Bertz CT molecular complexity index is 704. The molecular weight excluding hydrogens is 399 g/mol. The first kappa shape index (κ1) is 15.7. The zero-order valence-electron chi connectivity index (χ0n) is 11.2. The van der Waals surface area contributed by atoms with Gasteiger partial charge in [0.2, 0.25) is 0 Å². The number of anilines is 1. The molecule has 2 rings (SSSR count). The number of thiocarbonyl (C=S) groups is 1. The lowest BCUT2D eigenvalue weighted by atomic mass is 10.1. The van der Waals surface area contributed by atoms with Crippen LogP contribution in [-0.4, -0.2) is 18.0 Å². The fourth-order valence-corrected chi connectivity index (χ4v) is 2.66. The van der Waals surface area contributed by atoms with Crippen LogP contribution in [0.5, 0.6) is 5.75 Å². The summed E-state index contributed by atoms with van der Waals surface area (Å²) in [6, 6.07) is 12.6. The molecule has 21 heavy (non-hydrogen) atoms. The van der Waals surface area contributed by atoms with Crippen molar-refractivity contribution < 1.29 is 9.53 Å². The second-order valence-electron chi connectivity index (χ2n) is 4.18. The number of nitrogens with two attached hydrogens (primary N) is 1. The molecule has 0 fully saturated rings. The number of carbonyl (C=O) groups is 1. The quantitative estimate of drug-likeness (QED) is 0.598. The molecule has 108 valence electrons. The molecule has 0 heterocycles. The summed E-state index contributed by atoms with van der Waals surface area (Å²) in [5, 5.41) is 2.83. The van der Waals surface area contributed by atoms with E-state index in [2.05, 4.69) is 27.9 Å². The molecule has 0 aromatic heterocycles. The second-order valence-corrected chi connectivity index (χ2v) is 5.78. The van der Waals surface area contributed by atoms with Gasteiger partial charge in [0.25, 0.3) is 5.91 Å². The SMILES string of the molecule is COc1cccc(C(N)=S)c1NC(=O)c1ccccc1I. The third kappa shape index (κ3) is 3.51. The number of hydrogen-bond acceptors (Lipinski definition) is 3. The third-order valence-electron chi connectivity index (χ3n) is 2.87. The van der Waals surface area contributed by atoms with Crippen molar-refractivity contribution in [2.24, 2.45) is 5.73 Å². The zero-order chi connectivity index (χ0) is 15.4. The van der Waals surface area contributed by atoms with Crippen molar-refractivity contribution in [3.63, 3.8) is 0 Å². The monoisotopic (exact) mass is 412 g/mol. The van der Waals surface area contributed by atoms with Gasteiger partial charge in [-0.1, -0.05) is 30.4 Å². The van der Waals surface area contributed by atoms with Gasteiger partial charge in [0.05, 0.1) is 18.4 Å². The summed E-state index contributed by atoms with van der Waals surface area (Å²) in [7, 11) is 1.53. The molecule has 0 saturated heterocycles. The summed E-state index contributed by atoms with van der Waals surface area (Å²) < 4.78 is 6.13. The van der Waals surface area contributed by atoms with Gasteiger partial charge < -0.3 is 15.8 Å². The minimum absolute atomic E-state index is 0.201. The number of nitrogens with one attached hydrogen (secondary N) is 1. The molecule has 6 heteroatoms. The van der Waals surface area contributed by atoms with E-state index in [1.54, 1.807) is 24.3 Å². The Morgan fingerprint density at radius 2 is 1.86 bits per heavy atom. The highest BCUT2D eigenvalue weighted by Crippen LogP contribution is 2.29. The number of amides is 1. The normalized spacial score (nSPS) is 10.0. The van der Waals surface area contributed by atoms with Gasteiger partial charge in [-0.15, -0.1) is 0 Å². The standard InChI is InChI=1S/C15H13IN2O2S/c1-20-12-8-4-6-10(14(17)21)13(12)18-15(19)9-5-2-3-7-11(9)16/h2-8H,1H3,(H2,17,21)(H,18,19). The molecule has 0 aliphatic carbocycles. The Kier molecular flexibility index (Phi) is 5.13. The van der Waals surface area contributed by atoms with Crippen molar-refractivity contribution in [2.75, 3.05) is 12.4 Å². The molecule has 0 atom stereocenters. The van der Waals surface area contributed by atoms with Crippen LogP contribution in [0.1, 0.15) is 15.9 Å². The molecule has 3 N–H and O–H groups in total. The fraction of sp³-hybridized carbons (Fsp3) is 0.0667. The highest BCUT2D eigenvalue weighted by molar-refractivity contribution is 14.1. The number of rotatable bonds is 4. The van der Waals surface area contributed by atoms with Crippen LogP contribution >= 0.6 is 34.8 Å². The molecule has 0 saturated carbocycles. The molecule has 0 spiro atoms. The lowest BCUT2D eigenvalue weighted by Crippen LogP contribution is -2.19. The minimum atomic E-state index is -0.234. The van der Waals surface area contributed by atoms with Gasteiger partial charge in [0, 0.05) is 9.13 Å². The van der Waals surface area contributed by atoms with Crippen molar-refractivity contribution >= 4 is 51.4 Å². The first-order valence-corrected chi connectivity index (χ1v) is 7.56. The summed E-state index contributed by atoms with van der Waals surface area (Å²) in [4.78, 5) is 12.6. The van der Waals surface area contributed by atoms with E-state index in [4.69, 9.17) is 22.7 Å². The maximum Gasteiger partial charge on any atom is 0.256 e. The van der Waals surface area contributed by atoms with E-state index in [0.29, 0.717) is 22.6 Å². The predicted molar refractivity (Wildman–Crippen MR) is 96.0 cm³/mol. The summed E-state index contributed by atoms with van der Waals surface area (Å²) in [5.74, 6) is 0.279. The van der Waals surface area contributed by atoms with Gasteiger partial charge in [0.15, 0.2) is 0 Å². The zero-order valence-corrected chi connectivity index (χ0v) is 14.2. The van der Waals surface area contributed by atoms with Gasteiger partial charge in [-0.25, -0.2) is 0 Å². The van der Waals surface area contributed by atoms with Gasteiger partial charge in [-0.2, -0.15) is 0 Å². The van der Waals surface area contributed by atoms with Crippen LogP contribution in [0.4, 0.5) is 5.69 Å². The Labute approximate surface area is 141 Å². The molecule has 0 aliphatic rings. The molecular formula is C15H13IN2O2S. The molecule has 2 aromatic rings. The van der Waals surface area contributed by atoms with E-state index in [0.717, 1.165) is 3.57 Å². The average Bonchev–Trinajstić information content (AvgIpc) is 2.47. The van der Waals surface area contributed by atoms with Gasteiger partial charge in [-0.05, 0) is 46.9 Å². The smallest absolute Gasteiger partial charge is 0.256 e. The summed E-state index contributed by atoms with van der Waals surface area (Å²) in [6.45, 7) is 0. The lowest BCUT2D eigenvalue weighted by Gasteiger charge is -2.14. The molecule has 1 amide bonds. The molecule has 0 bridgehead atoms. The first-order valence-electron chi connectivity index (χ1n) is 6.07. The van der Waals surface area contributed by atoms with E-state index < -0.39 is 0 Å². The molecule has 0 unspecified atom stereocenters. The van der Waals surface area contributed by atoms with Crippen LogP contribution in [0.15, 0.2) is 42.5 Å². The van der Waals surface area contributed by atoms with E-state index in [-0.39, 0.29) is 10.9 Å². The van der Waals surface area contributed by atoms with E-state index in [9.17, 15) is 4.79 Å². The number of hydrogen-bond donors (Lipinski definition) is 2. The van der Waals surface area contributed by atoms with Crippen LogP contribution < -0.4 is 15.8 Å². The summed E-state index contributed by atoms with van der Waals surface area (Å²) >= 11 is 7.14. The summed E-state index contributed by atoms with van der Waals surface area (Å²) in [5.41, 5.74) is 7.34. The van der Waals surface area contributed by atoms with Crippen LogP contribution in [0.25, 0.3) is 0 Å². The fourth-order valence-electron chi connectivity index (χ4n) is 1.86. The van der Waals surface area contributed by atoms with Crippen LogP contribution in [0.2, 0.25) is 0 Å².